The zero-order valence-corrected chi connectivity index (χ0v) is 13.2. The molecule has 1 aliphatic heterocycles. The number of nitrogens with one attached hydrogen (secondary N) is 1. The van der Waals surface area contributed by atoms with Crippen molar-refractivity contribution >= 4 is 22.9 Å². The molecule has 0 bridgehead atoms. The number of hydrogen-bond acceptors (Lipinski definition) is 3. The second-order valence-electron chi connectivity index (χ2n) is 6.38. The van der Waals surface area contributed by atoms with E-state index < -0.39 is 11.9 Å². The van der Waals surface area contributed by atoms with Crippen LogP contribution in [0.5, 0.6) is 0 Å². The lowest BCUT2D eigenvalue weighted by Crippen LogP contribution is -2.45. The van der Waals surface area contributed by atoms with Crippen LogP contribution in [0.15, 0.2) is 24.3 Å². The number of carbonyl (C=O) groups is 2. The van der Waals surface area contributed by atoms with Crippen molar-refractivity contribution in [3.63, 3.8) is 0 Å². The normalized spacial score (nSPS) is 21.5. The van der Waals surface area contributed by atoms with Crippen LogP contribution in [0.4, 0.5) is 0 Å². The molecular formula is C17H21N3O3. The molecule has 1 saturated heterocycles. The number of benzene rings is 1. The summed E-state index contributed by atoms with van der Waals surface area (Å²) < 4.78 is 0. The Morgan fingerprint density at radius 3 is 2.87 bits per heavy atom. The molecule has 122 valence electrons. The van der Waals surface area contributed by atoms with Crippen LogP contribution >= 0.6 is 0 Å². The summed E-state index contributed by atoms with van der Waals surface area (Å²) in [5.74, 6) is -0.247. The number of amides is 1. The second kappa shape index (κ2) is 6.40. The third kappa shape index (κ3) is 3.52. The van der Waals surface area contributed by atoms with Crippen molar-refractivity contribution in [1.29, 1.82) is 0 Å². The van der Waals surface area contributed by atoms with Gasteiger partial charge in [0.15, 0.2) is 0 Å². The highest BCUT2D eigenvalue weighted by Gasteiger charge is 2.31. The monoisotopic (exact) mass is 315 g/mol. The number of aromatic amines is 1. The summed E-state index contributed by atoms with van der Waals surface area (Å²) in [6, 6.07) is 7.76. The maximum atomic E-state index is 12.4. The molecule has 3 rings (SSSR count). The van der Waals surface area contributed by atoms with Crippen LogP contribution in [0.25, 0.3) is 11.0 Å². The first-order valence-corrected chi connectivity index (χ1v) is 7.97. The van der Waals surface area contributed by atoms with Crippen molar-refractivity contribution < 1.29 is 14.7 Å². The number of H-pyrrole nitrogens is 1. The second-order valence-corrected chi connectivity index (χ2v) is 6.38. The molecule has 1 aromatic carbocycles. The van der Waals surface area contributed by atoms with Crippen molar-refractivity contribution in [1.82, 2.24) is 14.9 Å². The van der Waals surface area contributed by atoms with Gasteiger partial charge in [-0.1, -0.05) is 19.1 Å². The average Bonchev–Trinajstić information content (AvgIpc) is 2.94. The van der Waals surface area contributed by atoms with Crippen LogP contribution in [0.3, 0.4) is 0 Å². The van der Waals surface area contributed by atoms with Crippen molar-refractivity contribution in [2.24, 2.45) is 11.8 Å². The van der Waals surface area contributed by atoms with Gasteiger partial charge >= 0.3 is 5.97 Å². The molecule has 2 atom stereocenters. The minimum Gasteiger partial charge on any atom is -0.481 e. The SMILES string of the molecule is CC1CC(C(=O)O)CN(C(=O)CCc2nc3ccccc3[nH]2)C1. The van der Waals surface area contributed by atoms with E-state index in [9.17, 15) is 14.7 Å². The first-order valence-electron chi connectivity index (χ1n) is 7.97. The summed E-state index contributed by atoms with van der Waals surface area (Å²) in [5.41, 5.74) is 1.86. The van der Waals surface area contributed by atoms with Gasteiger partial charge in [-0.25, -0.2) is 4.98 Å². The van der Waals surface area contributed by atoms with Crippen molar-refractivity contribution in [2.45, 2.75) is 26.2 Å². The lowest BCUT2D eigenvalue weighted by atomic mass is 9.90. The van der Waals surface area contributed by atoms with E-state index >= 15 is 0 Å². The Morgan fingerprint density at radius 2 is 2.13 bits per heavy atom. The van der Waals surface area contributed by atoms with E-state index in [4.69, 9.17) is 0 Å². The number of para-hydroxylation sites is 2. The Bertz CT molecular complexity index is 692. The molecule has 2 aromatic rings. The number of likely N-dealkylation sites (tertiary alicyclic amines) is 1. The maximum absolute atomic E-state index is 12.4. The molecule has 1 aromatic heterocycles. The number of imidazole rings is 1. The van der Waals surface area contributed by atoms with E-state index in [-0.39, 0.29) is 11.8 Å². The maximum Gasteiger partial charge on any atom is 0.308 e. The highest BCUT2D eigenvalue weighted by atomic mass is 16.4. The highest BCUT2D eigenvalue weighted by molar-refractivity contribution is 5.79. The fourth-order valence-corrected chi connectivity index (χ4v) is 3.24. The first-order chi connectivity index (χ1) is 11.0. The number of aliphatic carboxylic acids is 1. The summed E-state index contributed by atoms with van der Waals surface area (Å²) in [4.78, 5) is 33.0. The number of carbonyl (C=O) groups excluding carboxylic acids is 1. The van der Waals surface area contributed by atoms with Gasteiger partial charge in [0, 0.05) is 25.9 Å². The van der Waals surface area contributed by atoms with Gasteiger partial charge in [-0.05, 0) is 24.5 Å². The number of aryl methyl sites for hydroxylation is 1. The fraction of sp³-hybridized carbons (Fsp3) is 0.471. The van der Waals surface area contributed by atoms with Gasteiger partial charge in [0.25, 0.3) is 0 Å². The number of hydrogen-bond donors (Lipinski definition) is 2. The van der Waals surface area contributed by atoms with Gasteiger partial charge < -0.3 is 15.0 Å². The summed E-state index contributed by atoms with van der Waals surface area (Å²) in [7, 11) is 0. The zero-order valence-electron chi connectivity index (χ0n) is 13.2. The van der Waals surface area contributed by atoms with Crippen LogP contribution in [-0.2, 0) is 16.0 Å². The molecule has 0 aliphatic carbocycles. The third-order valence-corrected chi connectivity index (χ3v) is 4.38. The molecule has 2 N–H and O–H groups in total. The van der Waals surface area contributed by atoms with Gasteiger partial charge in [-0.15, -0.1) is 0 Å². The van der Waals surface area contributed by atoms with Crippen LogP contribution < -0.4 is 0 Å². The number of piperidine rings is 1. The molecule has 2 unspecified atom stereocenters. The molecule has 0 radical (unpaired) electrons. The predicted molar refractivity (Wildman–Crippen MR) is 85.9 cm³/mol. The molecule has 0 saturated carbocycles. The summed E-state index contributed by atoms with van der Waals surface area (Å²) >= 11 is 0. The largest absolute Gasteiger partial charge is 0.481 e. The van der Waals surface area contributed by atoms with E-state index in [1.54, 1.807) is 4.90 Å². The Labute approximate surface area is 134 Å². The Kier molecular flexibility index (Phi) is 4.32. The van der Waals surface area contributed by atoms with E-state index in [0.717, 1.165) is 16.9 Å². The molecule has 2 heterocycles. The van der Waals surface area contributed by atoms with Gasteiger partial charge in [0.2, 0.25) is 5.91 Å². The third-order valence-electron chi connectivity index (χ3n) is 4.38. The Hall–Kier alpha value is -2.37. The lowest BCUT2D eigenvalue weighted by molar-refractivity contribution is -0.146. The molecular weight excluding hydrogens is 294 g/mol. The minimum absolute atomic E-state index is 0.00301. The van der Waals surface area contributed by atoms with E-state index in [2.05, 4.69) is 9.97 Å². The highest BCUT2D eigenvalue weighted by Crippen LogP contribution is 2.22. The Morgan fingerprint density at radius 1 is 1.35 bits per heavy atom. The summed E-state index contributed by atoms with van der Waals surface area (Å²) in [5, 5.41) is 9.19. The van der Waals surface area contributed by atoms with Crippen molar-refractivity contribution in [2.75, 3.05) is 13.1 Å². The van der Waals surface area contributed by atoms with Gasteiger partial charge in [0.05, 0.1) is 17.0 Å². The zero-order chi connectivity index (χ0) is 16.4. The number of aromatic nitrogens is 2. The predicted octanol–water partition coefficient (Wildman–Crippen LogP) is 2.06. The Balaban J connectivity index is 1.61. The summed E-state index contributed by atoms with van der Waals surface area (Å²) in [6.45, 7) is 2.95. The standard InChI is InChI=1S/C17H21N3O3/c1-11-8-12(17(22)23)10-20(9-11)16(21)7-6-15-18-13-4-2-3-5-14(13)19-15/h2-5,11-12H,6-10H2,1H3,(H,18,19)(H,22,23). The number of nitrogens with zero attached hydrogens (tertiary/aromatic N) is 2. The molecule has 6 nitrogen and oxygen atoms in total. The van der Waals surface area contributed by atoms with E-state index in [1.807, 2.05) is 31.2 Å². The van der Waals surface area contributed by atoms with Crippen LogP contribution in [-0.4, -0.2) is 44.9 Å². The smallest absolute Gasteiger partial charge is 0.308 e. The molecule has 1 aliphatic rings. The van der Waals surface area contributed by atoms with Gasteiger partial charge in [0.1, 0.15) is 5.82 Å². The van der Waals surface area contributed by atoms with Crippen LogP contribution in [0, 0.1) is 11.8 Å². The molecule has 1 amide bonds. The van der Waals surface area contributed by atoms with Crippen LogP contribution in [0.1, 0.15) is 25.6 Å². The number of rotatable bonds is 4. The molecule has 0 spiro atoms. The number of carboxylic acids is 1. The average molecular weight is 315 g/mol. The summed E-state index contributed by atoms with van der Waals surface area (Å²) in [6.07, 6.45) is 1.53. The van der Waals surface area contributed by atoms with Crippen LogP contribution in [0.2, 0.25) is 0 Å². The van der Waals surface area contributed by atoms with Gasteiger partial charge in [-0.2, -0.15) is 0 Å². The van der Waals surface area contributed by atoms with Crippen molar-refractivity contribution in [3.8, 4) is 0 Å². The number of carboxylic acid groups (broad SMARTS) is 1. The van der Waals surface area contributed by atoms with E-state index in [0.29, 0.717) is 32.4 Å². The van der Waals surface area contributed by atoms with Crippen molar-refractivity contribution in [3.05, 3.63) is 30.1 Å². The first kappa shape index (κ1) is 15.5. The quantitative estimate of drug-likeness (QED) is 0.904. The topological polar surface area (TPSA) is 86.3 Å². The molecule has 23 heavy (non-hydrogen) atoms. The fourth-order valence-electron chi connectivity index (χ4n) is 3.24. The lowest BCUT2D eigenvalue weighted by Gasteiger charge is -2.34. The van der Waals surface area contributed by atoms with E-state index in [1.165, 1.54) is 0 Å². The molecule has 1 fully saturated rings. The molecule has 6 heteroatoms. The minimum atomic E-state index is -0.813. The number of fused-ring (bicyclic) bond motifs is 1. The van der Waals surface area contributed by atoms with Gasteiger partial charge in [-0.3, -0.25) is 9.59 Å².